The molecule has 3 aromatic rings. The van der Waals surface area contributed by atoms with E-state index in [0.29, 0.717) is 21.0 Å². The standard InChI is InChI=1S/C22H20ClF2N3O4S/c1-10-15(24)2-11(3-16(10)25)12-5-27-28(8-12)18-19(30)22(32-20-17(29)9-31-21(18)20)33-14-4-13(23)6-26-7-14/h2-8,17-22,29-30H,9H2,1H3/t17?,18?,19?,20?,21-,22-/m1/s1. The number of thioether (sulfide) groups is 1. The average molecular weight is 496 g/mol. The molecule has 7 nitrogen and oxygen atoms in total. The number of ether oxygens (including phenoxy) is 2. The molecule has 174 valence electrons. The van der Waals surface area contributed by atoms with Gasteiger partial charge in [0.25, 0.3) is 0 Å². The minimum atomic E-state index is -1.08. The summed E-state index contributed by atoms with van der Waals surface area (Å²) in [5.74, 6) is -1.31. The Balaban J connectivity index is 1.47. The second kappa shape index (κ2) is 8.94. The Bertz CT molecular complexity index is 1160. The van der Waals surface area contributed by atoms with Gasteiger partial charge in [-0.05, 0) is 30.7 Å². The van der Waals surface area contributed by atoms with Crippen LogP contribution < -0.4 is 0 Å². The first-order valence-electron chi connectivity index (χ1n) is 10.2. The summed E-state index contributed by atoms with van der Waals surface area (Å²) >= 11 is 7.24. The highest BCUT2D eigenvalue weighted by Crippen LogP contribution is 2.42. The van der Waals surface area contributed by atoms with Crippen molar-refractivity contribution in [2.75, 3.05) is 6.61 Å². The summed E-state index contributed by atoms with van der Waals surface area (Å²) in [6, 6.07) is 3.47. The molecular weight excluding hydrogens is 476 g/mol. The molecule has 0 aliphatic carbocycles. The third-order valence-electron chi connectivity index (χ3n) is 5.87. The topological polar surface area (TPSA) is 89.6 Å². The number of halogens is 3. The van der Waals surface area contributed by atoms with Gasteiger partial charge < -0.3 is 19.7 Å². The molecule has 33 heavy (non-hydrogen) atoms. The Morgan fingerprint density at radius 1 is 1.09 bits per heavy atom. The molecule has 0 radical (unpaired) electrons. The van der Waals surface area contributed by atoms with Crippen LogP contribution in [0.3, 0.4) is 0 Å². The number of hydrogen-bond donors (Lipinski definition) is 2. The second-order valence-electron chi connectivity index (χ2n) is 8.05. The highest BCUT2D eigenvalue weighted by molar-refractivity contribution is 7.99. The van der Waals surface area contributed by atoms with Crippen LogP contribution in [-0.4, -0.2) is 61.4 Å². The van der Waals surface area contributed by atoms with Crippen molar-refractivity contribution in [1.82, 2.24) is 14.8 Å². The van der Waals surface area contributed by atoms with Crippen LogP contribution in [-0.2, 0) is 9.47 Å². The van der Waals surface area contributed by atoms with Gasteiger partial charge >= 0.3 is 0 Å². The van der Waals surface area contributed by atoms with E-state index in [1.807, 2.05) is 0 Å². The van der Waals surface area contributed by atoms with Crippen molar-refractivity contribution in [3.8, 4) is 11.1 Å². The van der Waals surface area contributed by atoms with Crippen LogP contribution in [0, 0.1) is 18.6 Å². The molecule has 2 aliphatic rings. The second-order valence-corrected chi connectivity index (χ2v) is 9.65. The molecule has 2 N–H and O–H groups in total. The summed E-state index contributed by atoms with van der Waals surface area (Å²) in [5, 5.41) is 26.4. The molecule has 2 saturated heterocycles. The van der Waals surface area contributed by atoms with Gasteiger partial charge in [-0.15, -0.1) is 0 Å². The third kappa shape index (κ3) is 4.27. The molecule has 2 fully saturated rings. The largest absolute Gasteiger partial charge is 0.388 e. The van der Waals surface area contributed by atoms with Gasteiger partial charge in [-0.25, -0.2) is 8.78 Å². The van der Waals surface area contributed by atoms with E-state index in [2.05, 4.69) is 10.1 Å². The lowest BCUT2D eigenvalue weighted by Gasteiger charge is -2.41. The van der Waals surface area contributed by atoms with Gasteiger partial charge in [0, 0.05) is 34.6 Å². The Morgan fingerprint density at radius 2 is 1.85 bits per heavy atom. The Morgan fingerprint density at radius 3 is 2.58 bits per heavy atom. The predicted molar refractivity (Wildman–Crippen MR) is 117 cm³/mol. The fourth-order valence-corrected chi connectivity index (χ4v) is 5.44. The van der Waals surface area contributed by atoms with Crippen LogP contribution in [0.4, 0.5) is 8.78 Å². The van der Waals surface area contributed by atoms with Gasteiger partial charge in [0.05, 0.1) is 17.8 Å². The highest BCUT2D eigenvalue weighted by Gasteiger charge is 2.53. The maximum atomic E-state index is 14.1. The van der Waals surface area contributed by atoms with Gasteiger partial charge in [0.15, 0.2) is 0 Å². The third-order valence-corrected chi connectivity index (χ3v) is 7.20. The summed E-state index contributed by atoms with van der Waals surface area (Å²) in [5.41, 5.74) is -0.0274. The first kappa shape index (κ1) is 22.7. The van der Waals surface area contributed by atoms with Crippen LogP contribution in [0.1, 0.15) is 11.6 Å². The van der Waals surface area contributed by atoms with E-state index in [9.17, 15) is 19.0 Å². The average Bonchev–Trinajstić information content (AvgIpc) is 3.40. The molecule has 6 atom stereocenters. The van der Waals surface area contributed by atoms with E-state index in [1.165, 1.54) is 47.9 Å². The van der Waals surface area contributed by atoms with Gasteiger partial charge in [-0.3, -0.25) is 9.67 Å². The van der Waals surface area contributed by atoms with Crippen LogP contribution in [0.25, 0.3) is 11.1 Å². The minimum Gasteiger partial charge on any atom is -0.388 e. The number of nitrogens with zero attached hydrogens (tertiary/aromatic N) is 3. The normalized spacial score (nSPS) is 29.3. The first-order chi connectivity index (χ1) is 15.8. The zero-order chi connectivity index (χ0) is 23.3. The van der Waals surface area contributed by atoms with Gasteiger partial charge in [0.2, 0.25) is 0 Å². The maximum Gasteiger partial charge on any atom is 0.136 e. The lowest BCUT2D eigenvalue weighted by Crippen LogP contribution is -2.54. The zero-order valence-corrected chi connectivity index (χ0v) is 18.9. The van der Waals surface area contributed by atoms with Gasteiger partial charge in [0.1, 0.15) is 47.5 Å². The Kier molecular flexibility index (Phi) is 6.15. The van der Waals surface area contributed by atoms with Crippen molar-refractivity contribution in [1.29, 1.82) is 0 Å². The van der Waals surface area contributed by atoms with E-state index in [1.54, 1.807) is 18.5 Å². The van der Waals surface area contributed by atoms with Gasteiger partial charge in [-0.1, -0.05) is 23.4 Å². The number of pyridine rings is 1. The van der Waals surface area contributed by atoms with Gasteiger partial charge in [-0.2, -0.15) is 5.10 Å². The van der Waals surface area contributed by atoms with E-state index in [-0.39, 0.29) is 12.2 Å². The summed E-state index contributed by atoms with van der Waals surface area (Å²) in [6.45, 7) is 1.42. The fraction of sp³-hybridized carbons (Fsp3) is 0.364. The van der Waals surface area contributed by atoms with Crippen molar-refractivity contribution < 1.29 is 28.5 Å². The van der Waals surface area contributed by atoms with E-state index in [4.69, 9.17) is 21.1 Å². The molecule has 11 heteroatoms. The molecule has 0 amide bonds. The summed E-state index contributed by atoms with van der Waals surface area (Å²) in [6.07, 6.45) is 2.85. The van der Waals surface area contributed by atoms with Crippen LogP contribution in [0.5, 0.6) is 0 Å². The molecule has 0 saturated carbocycles. The Hall–Kier alpha value is -2.08. The highest BCUT2D eigenvalue weighted by atomic mass is 35.5. The molecule has 2 aliphatic heterocycles. The lowest BCUT2D eigenvalue weighted by atomic mass is 9.96. The number of hydrogen-bond acceptors (Lipinski definition) is 7. The van der Waals surface area contributed by atoms with E-state index in [0.717, 1.165) is 0 Å². The first-order valence-corrected chi connectivity index (χ1v) is 11.5. The monoisotopic (exact) mass is 495 g/mol. The van der Waals surface area contributed by atoms with Crippen molar-refractivity contribution >= 4 is 23.4 Å². The van der Waals surface area contributed by atoms with Crippen molar-refractivity contribution in [2.24, 2.45) is 0 Å². The summed E-state index contributed by atoms with van der Waals surface area (Å²) < 4.78 is 41.4. The molecule has 4 heterocycles. The zero-order valence-electron chi connectivity index (χ0n) is 17.3. The van der Waals surface area contributed by atoms with Crippen molar-refractivity contribution in [3.05, 3.63) is 65.2 Å². The molecule has 1 aromatic carbocycles. The smallest absolute Gasteiger partial charge is 0.136 e. The summed E-state index contributed by atoms with van der Waals surface area (Å²) in [4.78, 5) is 4.73. The van der Waals surface area contributed by atoms with Crippen LogP contribution in [0.2, 0.25) is 5.02 Å². The number of aliphatic hydroxyl groups excluding tert-OH is 2. The predicted octanol–water partition coefficient (Wildman–Crippen LogP) is 3.36. The molecule has 5 rings (SSSR count). The molecule has 4 unspecified atom stereocenters. The van der Waals surface area contributed by atoms with E-state index < -0.39 is 47.5 Å². The molecule has 0 spiro atoms. The van der Waals surface area contributed by atoms with Crippen molar-refractivity contribution in [3.63, 3.8) is 0 Å². The Labute approximate surface area is 197 Å². The van der Waals surface area contributed by atoms with E-state index >= 15 is 0 Å². The number of aromatic nitrogens is 3. The van der Waals surface area contributed by atoms with Crippen LogP contribution >= 0.6 is 23.4 Å². The fourth-order valence-electron chi connectivity index (χ4n) is 4.13. The quantitative estimate of drug-likeness (QED) is 0.573. The summed E-state index contributed by atoms with van der Waals surface area (Å²) in [7, 11) is 0. The number of fused-ring (bicyclic) bond motifs is 1. The number of benzene rings is 1. The molecular formula is C22H20ClF2N3O4S. The number of aliphatic hydroxyl groups is 2. The van der Waals surface area contributed by atoms with Crippen LogP contribution in [0.15, 0.2) is 47.9 Å². The molecule has 2 aromatic heterocycles. The maximum absolute atomic E-state index is 14.1. The minimum absolute atomic E-state index is 0.0527. The lowest BCUT2D eigenvalue weighted by molar-refractivity contribution is -0.161. The van der Waals surface area contributed by atoms with Crippen molar-refractivity contribution in [2.45, 2.75) is 47.7 Å². The number of rotatable bonds is 4. The SMILES string of the molecule is Cc1c(F)cc(-c2cnn(C3C(O)[C@@H](Sc4cncc(Cl)c4)OC4C(O)CO[C@@H]43)c2)cc1F. The molecule has 0 bridgehead atoms.